The lowest BCUT2D eigenvalue weighted by atomic mass is 9.83. The van der Waals surface area contributed by atoms with Crippen LogP contribution in [0.15, 0.2) is 77.0 Å². The number of hydrogen-bond acceptors (Lipinski definition) is 4. The molecule has 4 aromatic rings. The lowest BCUT2D eigenvalue weighted by molar-refractivity contribution is -0.118. The number of thiophene rings is 1. The molecule has 0 unspecified atom stereocenters. The Balaban J connectivity index is 1.44. The number of carbonyl (C=O) groups excluding carboxylic acids is 2. The number of nitrogens with one attached hydrogen (secondary N) is 1. The van der Waals surface area contributed by atoms with Crippen LogP contribution in [-0.2, 0) is 11.3 Å². The molecule has 3 nitrogen and oxygen atoms in total. The molecular weight excluding hydrogens is 398 g/mol. The van der Waals surface area contributed by atoms with Crippen molar-refractivity contribution in [2.45, 2.75) is 11.4 Å². The maximum absolute atomic E-state index is 13.0. The molecule has 1 N–H and O–H groups in total. The Hall–Kier alpha value is -2.89. The average Bonchev–Trinajstić information content (AvgIpc) is 3.28. The molecule has 5 rings (SSSR count). The minimum Gasteiger partial charge on any atom is -0.350 e. The van der Waals surface area contributed by atoms with Gasteiger partial charge < -0.3 is 5.32 Å². The second-order valence-electron chi connectivity index (χ2n) is 6.86. The fourth-order valence-electron chi connectivity index (χ4n) is 3.77. The number of hydrogen-bond donors (Lipinski definition) is 1. The van der Waals surface area contributed by atoms with E-state index in [0.29, 0.717) is 12.3 Å². The highest BCUT2D eigenvalue weighted by atomic mass is 32.2. The zero-order valence-corrected chi connectivity index (χ0v) is 17.1. The number of rotatable bonds is 5. The first-order valence-corrected chi connectivity index (χ1v) is 11.2. The number of fused-ring (bicyclic) bond motifs is 2. The van der Waals surface area contributed by atoms with Gasteiger partial charge in [0.05, 0.1) is 12.3 Å². The Morgan fingerprint density at radius 3 is 2.52 bits per heavy atom. The van der Waals surface area contributed by atoms with Gasteiger partial charge in [-0.15, -0.1) is 23.1 Å². The summed E-state index contributed by atoms with van der Waals surface area (Å²) in [5, 5.41) is 6.98. The van der Waals surface area contributed by atoms with Crippen molar-refractivity contribution in [1.29, 1.82) is 0 Å². The fourth-order valence-corrected chi connectivity index (χ4v) is 5.30. The van der Waals surface area contributed by atoms with Gasteiger partial charge in [0.25, 0.3) is 0 Å². The molecule has 0 fully saturated rings. The van der Waals surface area contributed by atoms with Crippen molar-refractivity contribution in [2.75, 3.05) is 5.75 Å². The maximum Gasteiger partial charge on any atom is 0.230 e. The summed E-state index contributed by atoms with van der Waals surface area (Å²) in [6.45, 7) is 0.562. The zero-order valence-electron chi connectivity index (χ0n) is 15.5. The highest BCUT2D eigenvalue weighted by molar-refractivity contribution is 8.00. The van der Waals surface area contributed by atoms with E-state index < -0.39 is 0 Å². The quantitative estimate of drug-likeness (QED) is 0.384. The van der Waals surface area contributed by atoms with Crippen LogP contribution in [0.1, 0.15) is 20.8 Å². The van der Waals surface area contributed by atoms with Crippen LogP contribution >= 0.6 is 23.1 Å². The lowest BCUT2D eigenvalue weighted by Crippen LogP contribution is -2.24. The molecule has 0 aliphatic heterocycles. The van der Waals surface area contributed by atoms with Gasteiger partial charge in [-0.3, -0.25) is 9.59 Å². The van der Waals surface area contributed by atoms with Crippen molar-refractivity contribution in [2.24, 2.45) is 0 Å². The van der Waals surface area contributed by atoms with E-state index in [1.54, 1.807) is 11.3 Å². The van der Waals surface area contributed by atoms with E-state index in [1.165, 1.54) is 11.8 Å². The summed E-state index contributed by atoms with van der Waals surface area (Å²) in [6, 6.07) is 21.7. The third-order valence-electron chi connectivity index (χ3n) is 5.11. The lowest BCUT2D eigenvalue weighted by Gasteiger charge is -2.21. The summed E-state index contributed by atoms with van der Waals surface area (Å²) in [4.78, 5) is 27.4. The number of benzene rings is 3. The first kappa shape index (κ1) is 18.2. The predicted molar refractivity (Wildman–Crippen MR) is 120 cm³/mol. The summed E-state index contributed by atoms with van der Waals surface area (Å²) < 4.78 is 0. The van der Waals surface area contributed by atoms with Gasteiger partial charge >= 0.3 is 0 Å². The molecule has 1 heterocycles. The van der Waals surface area contributed by atoms with Crippen LogP contribution in [0.3, 0.4) is 0 Å². The average molecular weight is 416 g/mol. The van der Waals surface area contributed by atoms with Crippen molar-refractivity contribution in [3.8, 4) is 11.1 Å². The van der Waals surface area contributed by atoms with Gasteiger partial charge in [-0.05, 0) is 34.0 Å². The summed E-state index contributed by atoms with van der Waals surface area (Å²) in [6.07, 6.45) is 0. The minimum atomic E-state index is 0.00490. The van der Waals surface area contributed by atoms with Gasteiger partial charge in [-0.25, -0.2) is 0 Å². The van der Waals surface area contributed by atoms with Crippen LogP contribution < -0.4 is 5.32 Å². The van der Waals surface area contributed by atoms with Crippen LogP contribution in [-0.4, -0.2) is 17.4 Å². The molecule has 1 amide bonds. The topological polar surface area (TPSA) is 46.2 Å². The molecule has 1 aliphatic carbocycles. The first-order valence-electron chi connectivity index (χ1n) is 9.34. The van der Waals surface area contributed by atoms with E-state index in [-0.39, 0.29) is 11.7 Å². The Labute approximate surface area is 176 Å². The van der Waals surface area contributed by atoms with Crippen molar-refractivity contribution < 1.29 is 9.59 Å². The van der Waals surface area contributed by atoms with E-state index in [9.17, 15) is 9.59 Å². The van der Waals surface area contributed by atoms with Gasteiger partial charge in [-0.1, -0.05) is 54.6 Å². The van der Waals surface area contributed by atoms with Crippen molar-refractivity contribution in [1.82, 2.24) is 5.32 Å². The van der Waals surface area contributed by atoms with Gasteiger partial charge in [0, 0.05) is 26.3 Å². The minimum absolute atomic E-state index is 0.00490. The maximum atomic E-state index is 13.0. The predicted octanol–water partition coefficient (Wildman–Crippen LogP) is 5.52. The summed E-state index contributed by atoms with van der Waals surface area (Å²) in [5.41, 5.74) is 3.55. The van der Waals surface area contributed by atoms with Crippen molar-refractivity contribution >= 4 is 45.6 Å². The molecule has 29 heavy (non-hydrogen) atoms. The molecule has 5 heteroatoms. The normalized spacial score (nSPS) is 12.1. The fraction of sp³-hybridized carbons (Fsp3) is 0.0833. The SMILES string of the molecule is O=C(CSc1ccc2c3c(cccc13)C(=O)c1ccccc1-2)NCc1cccs1. The van der Waals surface area contributed by atoms with Gasteiger partial charge in [0.2, 0.25) is 5.91 Å². The molecule has 0 spiro atoms. The van der Waals surface area contributed by atoms with Gasteiger partial charge in [0.15, 0.2) is 5.78 Å². The Kier molecular flexibility index (Phi) is 4.70. The number of amides is 1. The molecule has 3 aromatic carbocycles. The van der Waals surface area contributed by atoms with Gasteiger partial charge in [-0.2, -0.15) is 0 Å². The number of carbonyl (C=O) groups is 2. The molecule has 0 saturated carbocycles. The Morgan fingerprint density at radius 2 is 1.69 bits per heavy atom. The molecule has 1 aliphatic rings. The third kappa shape index (κ3) is 3.26. The Bertz CT molecular complexity index is 1250. The van der Waals surface area contributed by atoms with E-state index in [4.69, 9.17) is 0 Å². The zero-order chi connectivity index (χ0) is 19.8. The van der Waals surface area contributed by atoms with E-state index in [0.717, 1.165) is 42.8 Å². The van der Waals surface area contributed by atoms with E-state index in [1.807, 2.05) is 60.0 Å². The second kappa shape index (κ2) is 7.50. The smallest absolute Gasteiger partial charge is 0.230 e. The highest BCUT2D eigenvalue weighted by Crippen LogP contribution is 2.42. The number of thioether (sulfide) groups is 1. The molecule has 142 valence electrons. The Morgan fingerprint density at radius 1 is 0.862 bits per heavy atom. The molecule has 0 bridgehead atoms. The van der Waals surface area contributed by atoms with Crippen molar-refractivity contribution in [3.05, 3.63) is 88.1 Å². The summed E-state index contributed by atoms with van der Waals surface area (Å²) in [7, 11) is 0. The molecular formula is C24H17NO2S2. The second-order valence-corrected chi connectivity index (χ2v) is 8.91. The molecule has 1 aromatic heterocycles. The van der Waals surface area contributed by atoms with Crippen LogP contribution in [0.5, 0.6) is 0 Å². The van der Waals surface area contributed by atoms with E-state index in [2.05, 4.69) is 17.4 Å². The third-order valence-corrected chi connectivity index (χ3v) is 7.06. The largest absolute Gasteiger partial charge is 0.350 e. The van der Waals surface area contributed by atoms with Gasteiger partial charge in [0.1, 0.15) is 0 Å². The van der Waals surface area contributed by atoms with Crippen LogP contribution in [0.4, 0.5) is 0 Å². The summed E-state index contributed by atoms with van der Waals surface area (Å²) in [5.74, 6) is 0.411. The van der Waals surface area contributed by atoms with Crippen LogP contribution in [0.2, 0.25) is 0 Å². The molecule has 0 saturated heterocycles. The van der Waals surface area contributed by atoms with E-state index >= 15 is 0 Å². The van der Waals surface area contributed by atoms with Crippen molar-refractivity contribution in [3.63, 3.8) is 0 Å². The summed E-state index contributed by atoms with van der Waals surface area (Å²) >= 11 is 3.14. The molecule has 0 radical (unpaired) electrons. The first-order chi connectivity index (χ1) is 14.2. The highest BCUT2D eigenvalue weighted by Gasteiger charge is 2.25. The molecule has 0 atom stereocenters. The monoisotopic (exact) mass is 415 g/mol. The van der Waals surface area contributed by atoms with Crippen LogP contribution in [0, 0.1) is 0 Å². The standard InChI is InChI=1S/C24H17NO2S2/c26-22(25-13-15-5-4-12-28-15)14-29-21-11-10-17-16-6-1-2-7-18(16)24(27)20-9-3-8-19(21)23(17)20/h1-12H,13-14H2,(H,25,26). The number of ketones is 1. The van der Waals surface area contributed by atoms with Crippen LogP contribution in [0.25, 0.3) is 21.9 Å².